The van der Waals surface area contributed by atoms with Crippen LogP contribution in [0.2, 0.25) is 0 Å². The number of nitrogens with one attached hydrogen (secondary N) is 2. The molecule has 8 nitrogen and oxygen atoms in total. The second kappa shape index (κ2) is 9.22. The third-order valence-electron chi connectivity index (χ3n) is 6.52. The number of benzene rings is 2. The second-order valence-electron chi connectivity index (χ2n) is 8.74. The van der Waals surface area contributed by atoms with Crippen molar-refractivity contribution in [3.8, 4) is 28.1 Å². The SMILES string of the molecule is COc1ccc(-c2c(Nc3ccon3)nc3c(C4=CCCCC4)c(-c4ccccc4)[nH]n3c2=O)cc1. The number of hydrogen-bond acceptors (Lipinski definition) is 6. The van der Waals surface area contributed by atoms with E-state index in [1.54, 1.807) is 17.7 Å². The number of aromatic nitrogens is 4. The van der Waals surface area contributed by atoms with E-state index in [2.05, 4.69) is 21.6 Å². The van der Waals surface area contributed by atoms with Crippen LogP contribution >= 0.6 is 0 Å². The maximum atomic E-state index is 14.1. The summed E-state index contributed by atoms with van der Waals surface area (Å²) in [5, 5.41) is 10.6. The van der Waals surface area contributed by atoms with Crippen molar-refractivity contribution in [2.24, 2.45) is 0 Å². The number of allylic oxidation sites excluding steroid dienone is 2. The van der Waals surface area contributed by atoms with Crippen molar-refractivity contribution in [1.29, 1.82) is 0 Å². The minimum atomic E-state index is -0.212. The van der Waals surface area contributed by atoms with Crippen molar-refractivity contribution < 1.29 is 9.26 Å². The van der Waals surface area contributed by atoms with Gasteiger partial charge in [0, 0.05) is 17.2 Å². The molecule has 0 saturated carbocycles. The Hall–Kier alpha value is -4.59. The van der Waals surface area contributed by atoms with E-state index in [0.717, 1.165) is 36.1 Å². The first-order valence-electron chi connectivity index (χ1n) is 12.0. The van der Waals surface area contributed by atoms with Crippen LogP contribution in [-0.2, 0) is 0 Å². The van der Waals surface area contributed by atoms with E-state index < -0.39 is 0 Å². The molecule has 3 aromatic heterocycles. The molecule has 1 aliphatic rings. The second-order valence-corrected chi connectivity index (χ2v) is 8.74. The molecule has 2 N–H and O–H groups in total. The topological polar surface area (TPSA) is 97.4 Å². The van der Waals surface area contributed by atoms with Crippen LogP contribution < -0.4 is 15.6 Å². The molecular formula is C28H25N5O3. The van der Waals surface area contributed by atoms with Crippen molar-refractivity contribution in [1.82, 2.24) is 19.8 Å². The molecule has 6 rings (SSSR count). The van der Waals surface area contributed by atoms with E-state index in [0.29, 0.717) is 34.2 Å². The minimum Gasteiger partial charge on any atom is -0.497 e. The normalized spacial score (nSPS) is 13.5. The number of aromatic amines is 1. The molecule has 0 saturated heterocycles. The van der Waals surface area contributed by atoms with Gasteiger partial charge in [0.05, 0.1) is 18.4 Å². The molecular weight excluding hydrogens is 454 g/mol. The van der Waals surface area contributed by atoms with Gasteiger partial charge in [-0.05, 0) is 49.0 Å². The van der Waals surface area contributed by atoms with Gasteiger partial charge in [0.2, 0.25) is 0 Å². The average Bonchev–Trinajstić information content (AvgIpc) is 3.58. The molecule has 0 radical (unpaired) electrons. The van der Waals surface area contributed by atoms with Crippen LogP contribution in [0, 0.1) is 0 Å². The highest BCUT2D eigenvalue weighted by atomic mass is 16.5. The van der Waals surface area contributed by atoms with Crippen LogP contribution in [0.25, 0.3) is 33.6 Å². The van der Waals surface area contributed by atoms with Crippen molar-refractivity contribution in [3.63, 3.8) is 0 Å². The zero-order valence-corrected chi connectivity index (χ0v) is 19.8. The molecule has 0 fully saturated rings. The Morgan fingerprint density at radius 1 is 1.00 bits per heavy atom. The molecule has 0 unspecified atom stereocenters. The van der Waals surface area contributed by atoms with Gasteiger partial charge in [-0.1, -0.05) is 53.7 Å². The predicted octanol–water partition coefficient (Wildman–Crippen LogP) is 6.05. The van der Waals surface area contributed by atoms with Gasteiger partial charge in [0.15, 0.2) is 11.5 Å². The van der Waals surface area contributed by atoms with E-state index >= 15 is 0 Å². The molecule has 0 amide bonds. The van der Waals surface area contributed by atoms with Crippen LogP contribution in [-0.4, -0.2) is 26.9 Å². The Morgan fingerprint density at radius 2 is 1.83 bits per heavy atom. The van der Waals surface area contributed by atoms with Gasteiger partial charge >= 0.3 is 0 Å². The fourth-order valence-corrected chi connectivity index (χ4v) is 4.76. The monoisotopic (exact) mass is 479 g/mol. The fourth-order valence-electron chi connectivity index (χ4n) is 4.76. The Kier molecular flexibility index (Phi) is 5.61. The Balaban J connectivity index is 1.65. The Bertz CT molecular complexity index is 1600. The Labute approximate surface area is 207 Å². The number of hydrogen-bond donors (Lipinski definition) is 2. The van der Waals surface area contributed by atoms with E-state index in [4.69, 9.17) is 14.2 Å². The van der Waals surface area contributed by atoms with Crippen molar-refractivity contribution in [2.45, 2.75) is 25.7 Å². The summed E-state index contributed by atoms with van der Waals surface area (Å²) in [5.41, 5.74) is 5.55. The quantitative estimate of drug-likeness (QED) is 0.307. The number of nitrogens with zero attached hydrogens (tertiary/aromatic N) is 3. The smallest absolute Gasteiger partial charge is 0.282 e. The number of methoxy groups -OCH3 is 1. The van der Waals surface area contributed by atoms with Crippen LogP contribution in [0.3, 0.4) is 0 Å². The summed E-state index contributed by atoms with van der Waals surface area (Å²) in [4.78, 5) is 19.1. The minimum absolute atomic E-state index is 0.212. The van der Waals surface area contributed by atoms with Crippen molar-refractivity contribution in [2.75, 3.05) is 12.4 Å². The highest BCUT2D eigenvalue weighted by Crippen LogP contribution is 2.37. The summed E-state index contributed by atoms with van der Waals surface area (Å²) in [7, 11) is 1.61. The van der Waals surface area contributed by atoms with Gasteiger partial charge in [-0.3, -0.25) is 9.89 Å². The lowest BCUT2D eigenvalue weighted by Gasteiger charge is -2.14. The van der Waals surface area contributed by atoms with Gasteiger partial charge in [0.1, 0.15) is 17.8 Å². The largest absolute Gasteiger partial charge is 0.497 e. The van der Waals surface area contributed by atoms with Gasteiger partial charge in [-0.15, -0.1) is 0 Å². The standard InChI is InChI=1S/C28H25N5O3/c1-35-21-14-12-19(13-15-21)24-26(29-22-16-17-36-32-22)30-27-23(18-8-4-2-5-9-18)25(31-33(27)28(24)34)20-10-6-3-7-11-20/h3,6-8,10-17,31H,2,4-5,9H2,1H3,(H,29,32). The van der Waals surface area contributed by atoms with Gasteiger partial charge in [-0.2, -0.15) is 4.52 Å². The van der Waals surface area contributed by atoms with Gasteiger partial charge in [0.25, 0.3) is 5.56 Å². The van der Waals surface area contributed by atoms with E-state index in [1.807, 2.05) is 54.6 Å². The lowest BCUT2D eigenvalue weighted by atomic mass is 9.92. The molecule has 180 valence electrons. The molecule has 3 heterocycles. The third-order valence-corrected chi connectivity index (χ3v) is 6.52. The molecule has 0 spiro atoms. The first-order chi connectivity index (χ1) is 17.7. The lowest BCUT2D eigenvalue weighted by molar-refractivity contribution is 0.415. The predicted molar refractivity (Wildman–Crippen MR) is 139 cm³/mol. The number of fused-ring (bicyclic) bond motifs is 1. The Morgan fingerprint density at radius 3 is 2.53 bits per heavy atom. The number of ether oxygens (including phenoxy) is 1. The van der Waals surface area contributed by atoms with E-state index in [1.165, 1.54) is 18.3 Å². The molecule has 0 aliphatic heterocycles. The van der Waals surface area contributed by atoms with Crippen LogP contribution in [0.15, 0.2) is 82.3 Å². The summed E-state index contributed by atoms with van der Waals surface area (Å²) in [6.07, 6.45) is 7.97. The first-order valence-corrected chi connectivity index (χ1v) is 12.0. The molecule has 2 aromatic carbocycles. The summed E-state index contributed by atoms with van der Waals surface area (Å²) >= 11 is 0. The van der Waals surface area contributed by atoms with Crippen LogP contribution in [0.1, 0.15) is 31.2 Å². The maximum absolute atomic E-state index is 14.1. The lowest BCUT2D eigenvalue weighted by Crippen LogP contribution is -2.20. The van der Waals surface area contributed by atoms with Gasteiger partial charge in [-0.25, -0.2) is 4.98 Å². The summed E-state index contributed by atoms with van der Waals surface area (Å²) in [5.74, 6) is 1.59. The highest BCUT2D eigenvalue weighted by Gasteiger charge is 2.24. The zero-order valence-electron chi connectivity index (χ0n) is 19.8. The maximum Gasteiger partial charge on any atom is 0.282 e. The number of anilines is 2. The van der Waals surface area contributed by atoms with Crippen molar-refractivity contribution >= 4 is 22.9 Å². The van der Waals surface area contributed by atoms with E-state index in [9.17, 15) is 4.79 Å². The van der Waals surface area contributed by atoms with Gasteiger partial charge < -0.3 is 14.6 Å². The third kappa shape index (κ3) is 3.86. The first kappa shape index (κ1) is 21.9. The van der Waals surface area contributed by atoms with Crippen LogP contribution in [0.5, 0.6) is 5.75 Å². The molecule has 5 aromatic rings. The fraction of sp³-hybridized carbons (Fsp3) is 0.179. The molecule has 36 heavy (non-hydrogen) atoms. The molecule has 8 heteroatoms. The van der Waals surface area contributed by atoms with Crippen molar-refractivity contribution in [3.05, 3.63) is 88.9 Å². The van der Waals surface area contributed by atoms with E-state index in [-0.39, 0.29) is 5.56 Å². The summed E-state index contributed by atoms with van der Waals surface area (Å²) in [6.45, 7) is 0. The molecule has 0 atom stereocenters. The van der Waals surface area contributed by atoms with Crippen LogP contribution in [0.4, 0.5) is 11.6 Å². The molecule has 0 bridgehead atoms. The molecule has 1 aliphatic carbocycles. The number of H-pyrrole nitrogens is 1. The number of rotatable bonds is 6. The summed E-state index contributed by atoms with van der Waals surface area (Å²) in [6, 6.07) is 19.1. The average molecular weight is 480 g/mol. The summed E-state index contributed by atoms with van der Waals surface area (Å²) < 4.78 is 11.9. The zero-order chi connectivity index (χ0) is 24.5. The highest BCUT2D eigenvalue weighted by molar-refractivity contribution is 5.89.